The zero-order valence-corrected chi connectivity index (χ0v) is 31.0. The lowest BCUT2D eigenvalue weighted by Crippen LogP contribution is -2.24. The van der Waals surface area contributed by atoms with Crippen LogP contribution in [-0.4, -0.2) is 16.6 Å². The second kappa shape index (κ2) is 12.9. The molecule has 0 unspecified atom stereocenters. The van der Waals surface area contributed by atoms with E-state index in [0.29, 0.717) is 6.67 Å². The van der Waals surface area contributed by atoms with Crippen molar-refractivity contribution in [2.45, 2.75) is 26.2 Å². The van der Waals surface area contributed by atoms with E-state index < -0.39 is 0 Å². The van der Waals surface area contributed by atoms with Gasteiger partial charge in [0.05, 0.1) is 22.7 Å². The van der Waals surface area contributed by atoms with Crippen LogP contribution in [0, 0.1) is 0 Å². The summed E-state index contributed by atoms with van der Waals surface area (Å²) in [5, 5.41) is 2.30. The van der Waals surface area contributed by atoms with E-state index in [1.165, 1.54) is 22.1 Å². The fraction of sp³-hybridized carbons (Fsp3) is 0.102. The Kier molecular flexibility index (Phi) is 7.66. The first-order chi connectivity index (χ1) is 26.9. The zero-order valence-electron chi connectivity index (χ0n) is 31.0. The molecule has 0 spiro atoms. The van der Waals surface area contributed by atoms with E-state index in [4.69, 9.17) is 14.7 Å². The first-order valence-electron chi connectivity index (χ1n) is 18.8. The topological polar surface area (TPSA) is 44.7 Å². The summed E-state index contributed by atoms with van der Waals surface area (Å²) in [5.74, 6) is 3.31. The molecule has 6 nitrogen and oxygen atoms in total. The van der Waals surface area contributed by atoms with Gasteiger partial charge in [-0.05, 0) is 88.2 Å². The van der Waals surface area contributed by atoms with Gasteiger partial charge in [-0.25, -0.2) is 9.97 Å². The number of rotatable bonds is 5. The van der Waals surface area contributed by atoms with E-state index >= 15 is 0 Å². The van der Waals surface area contributed by atoms with Gasteiger partial charge in [-0.2, -0.15) is 0 Å². The number of anilines is 7. The van der Waals surface area contributed by atoms with E-state index in [-0.39, 0.29) is 5.41 Å². The van der Waals surface area contributed by atoms with E-state index in [9.17, 15) is 0 Å². The van der Waals surface area contributed by atoms with Gasteiger partial charge in [0.2, 0.25) is 0 Å². The maximum absolute atomic E-state index is 6.78. The van der Waals surface area contributed by atoms with Crippen LogP contribution in [0.15, 0.2) is 170 Å². The van der Waals surface area contributed by atoms with Crippen LogP contribution in [0.2, 0.25) is 0 Å². The molecular formula is C49H39N5O. The Bertz CT molecular complexity index is 2750. The Labute approximate surface area is 321 Å². The average Bonchev–Trinajstić information content (AvgIpc) is 3.55. The Morgan fingerprint density at radius 3 is 1.96 bits per heavy atom. The van der Waals surface area contributed by atoms with Gasteiger partial charge >= 0.3 is 0 Å². The Morgan fingerprint density at radius 2 is 1.16 bits per heavy atom. The molecule has 2 aliphatic rings. The Morgan fingerprint density at radius 1 is 0.509 bits per heavy atom. The van der Waals surface area contributed by atoms with E-state index in [2.05, 4.69) is 187 Å². The molecule has 0 fully saturated rings. The largest absolute Gasteiger partial charge is 0.457 e. The molecule has 0 N–H and O–H groups in total. The minimum atomic E-state index is -0.0386. The van der Waals surface area contributed by atoms with Crippen LogP contribution in [0.1, 0.15) is 26.3 Å². The molecule has 4 heterocycles. The van der Waals surface area contributed by atoms with Crippen molar-refractivity contribution in [1.82, 2.24) is 9.97 Å². The molecule has 0 saturated carbocycles. The lowest BCUT2D eigenvalue weighted by Gasteiger charge is -2.28. The average molecular weight is 714 g/mol. The van der Waals surface area contributed by atoms with Gasteiger partial charge in [0, 0.05) is 46.7 Å². The minimum Gasteiger partial charge on any atom is -0.457 e. The van der Waals surface area contributed by atoms with Gasteiger partial charge in [0.15, 0.2) is 0 Å². The number of hydrogen-bond acceptors (Lipinski definition) is 6. The molecule has 0 bridgehead atoms. The van der Waals surface area contributed by atoms with Crippen LogP contribution in [-0.2, 0) is 5.41 Å². The molecule has 0 amide bonds. The summed E-state index contributed by atoms with van der Waals surface area (Å²) in [6.45, 7) is 7.35. The molecule has 0 saturated heterocycles. The van der Waals surface area contributed by atoms with Crippen molar-refractivity contribution < 1.29 is 4.74 Å². The van der Waals surface area contributed by atoms with Crippen LogP contribution in [0.5, 0.6) is 11.5 Å². The van der Waals surface area contributed by atoms with Crippen LogP contribution in [0.25, 0.3) is 33.0 Å². The number of fused-ring (bicyclic) bond motifs is 7. The van der Waals surface area contributed by atoms with Gasteiger partial charge in [0.25, 0.3) is 0 Å². The second-order valence-corrected chi connectivity index (χ2v) is 15.2. The summed E-state index contributed by atoms with van der Waals surface area (Å²) < 4.78 is 6.78. The number of ether oxygens (including phenoxy) is 1. The Balaban J connectivity index is 1.05. The van der Waals surface area contributed by atoms with E-state index in [1.54, 1.807) is 0 Å². The normalized spacial score (nSPS) is 13.2. The molecule has 266 valence electrons. The maximum atomic E-state index is 6.78. The summed E-state index contributed by atoms with van der Waals surface area (Å²) in [6, 6.07) is 55.4. The molecule has 0 aliphatic carbocycles. The minimum absolute atomic E-state index is 0.0386. The van der Waals surface area contributed by atoms with Crippen molar-refractivity contribution in [1.29, 1.82) is 0 Å². The highest BCUT2D eigenvalue weighted by Crippen LogP contribution is 2.52. The smallest absolute Gasteiger partial charge is 0.142 e. The highest BCUT2D eigenvalue weighted by molar-refractivity contribution is 6.02. The molecule has 55 heavy (non-hydrogen) atoms. The molecule has 10 rings (SSSR count). The monoisotopic (exact) mass is 713 g/mol. The molecule has 2 aromatic heterocycles. The summed E-state index contributed by atoms with van der Waals surface area (Å²) in [7, 11) is 0. The molecule has 6 heteroatoms. The third-order valence-electron chi connectivity index (χ3n) is 10.7. The van der Waals surface area contributed by atoms with Gasteiger partial charge < -0.3 is 14.5 Å². The van der Waals surface area contributed by atoms with Crippen LogP contribution in [0.4, 0.5) is 40.1 Å². The van der Waals surface area contributed by atoms with Crippen molar-refractivity contribution in [3.05, 3.63) is 176 Å². The van der Waals surface area contributed by atoms with Gasteiger partial charge in [-0.1, -0.05) is 106 Å². The van der Waals surface area contributed by atoms with Gasteiger partial charge in [-0.15, -0.1) is 0 Å². The molecular weight excluding hydrogens is 675 g/mol. The van der Waals surface area contributed by atoms with E-state index in [1.807, 2.05) is 18.5 Å². The summed E-state index contributed by atoms with van der Waals surface area (Å²) in [6.07, 6.45) is 3.82. The molecule has 0 radical (unpaired) electrons. The van der Waals surface area contributed by atoms with Crippen LogP contribution < -0.4 is 19.4 Å². The van der Waals surface area contributed by atoms with Crippen molar-refractivity contribution in [2.24, 2.45) is 0 Å². The first kappa shape index (κ1) is 32.7. The highest BCUT2D eigenvalue weighted by atomic mass is 16.5. The van der Waals surface area contributed by atoms with Crippen molar-refractivity contribution >= 4 is 50.8 Å². The number of hydrogen-bond donors (Lipinski definition) is 0. The van der Waals surface area contributed by atoms with E-state index in [0.717, 1.165) is 68.1 Å². The lowest BCUT2D eigenvalue weighted by molar-refractivity contribution is 0.483. The summed E-state index contributed by atoms with van der Waals surface area (Å²) in [5.41, 5.74) is 11.2. The number of pyridine rings is 2. The number of para-hydroxylation sites is 3. The number of nitrogens with zero attached hydrogens (tertiary/aromatic N) is 5. The quantitative estimate of drug-likeness (QED) is 0.177. The summed E-state index contributed by atoms with van der Waals surface area (Å²) in [4.78, 5) is 16.8. The highest BCUT2D eigenvalue weighted by Gasteiger charge is 2.31. The van der Waals surface area contributed by atoms with Crippen LogP contribution in [0.3, 0.4) is 0 Å². The van der Waals surface area contributed by atoms with Gasteiger partial charge in [-0.3, -0.25) is 4.90 Å². The molecule has 6 aromatic carbocycles. The first-order valence-corrected chi connectivity index (χ1v) is 18.8. The maximum Gasteiger partial charge on any atom is 0.142 e. The third kappa shape index (κ3) is 5.65. The SMILES string of the molecule is CC(C)(C)c1ccnc(N2c3ccccc3-c3ccccc3-c3ccc(Oc4cccc(N5CN(c6nccc7ccccc67)c6ccccc65)c4)cc32)c1. The van der Waals surface area contributed by atoms with Gasteiger partial charge in [0.1, 0.15) is 29.8 Å². The lowest BCUT2D eigenvalue weighted by atomic mass is 9.87. The number of benzene rings is 6. The third-order valence-corrected chi connectivity index (χ3v) is 10.7. The standard InChI is InChI=1S/C49H39N5O/c1-49(2,3)34-26-28-50-47(29-34)54-43-20-9-8-19-41(43)39-17-6-7-18-40(39)42-24-23-37(31-46(42)54)55-36-15-12-14-35(30-36)52-32-53(45-22-11-10-21-44(45)52)48-38-16-5-4-13-33(38)25-27-51-48/h4-31H,32H2,1-3H3. The predicted octanol–water partition coefficient (Wildman–Crippen LogP) is 13.1. The zero-order chi connectivity index (χ0) is 37.1. The van der Waals surface area contributed by atoms with Crippen LogP contribution >= 0.6 is 0 Å². The van der Waals surface area contributed by atoms with Crippen molar-refractivity contribution in [3.8, 4) is 33.8 Å². The summed E-state index contributed by atoms with van der Waals surface area (Å²) >= 11 is 0. The molecule has 2 aliphatic heterocycles. The Hall–Kier alpha value is -6.92. The molecule has 0 atom stereocenters. The predicted molar refractivity (Wildman–Crippen MR) is 226 cm³/mol. The number of aromatic nitrogens is 2. The van der Waals surface area contributed by atoms with Crippen molar-refractivity contribution in [3.63, 3.8) is 0 Å². The molecule has 8 aromatic rings. The van der Waals surface area contributed by atoms with Crippen molar-refractivity contribution in [2.75, 3.05) is 21.4 Å². The second-order valence-electron chi connectivity index (χ2n) is 15.2. The fourth-order valence-electron chi connectivity index (χ4n) is 8.01. The fourth-order valence-corrected chi connectivity index (χ4v) is 8.01.